The highest BCUT2D eigenvalue weighted by atomic mass is 16.7. The number of carbonyl (C=O) groups is 2. The molecule has 0 aromatic carbocycles. The zero-order valence-electron chi connectivity index (χ0n) is 13.5. The molecule has 0 unspecified atom stereocenters. The summed E-state index contributed by atoms with van der Waals surface area (Å²) in [6.07, 6.45) is 9.29. The van der Waals surface area contributed by atoms with Gasteiger partial charge in [0.1, 0.15) is 0 Å². The molecule has 3 atom stereocenters. The van der Waals surface area contributed by atoms with E-state index in [2.05, 4.69) is 15.5 Å². The molecular weight excluding hydrogens is 326 g/mol. The van der Waals surface area contributed by atoms with Crippen molar-refractivity contribution in [2.45, 2.75) is 43.4 Å². The number of hydrogen-bond donors (Lipinski definition) is 3. The summed E-state index contributed by atoms with van der Waals surface area (Å²) in [5.74, 6) is -2.51. The van der Waals surface area contributed by atoms with Gasteiger partial charge in [-0.15, -0.1) is 0 Å². The maximum absolute atomic E-state index is 9.55. The Morgan fingerprint density at radius 1 is 1.20 bits per heavy atom. The largest absolute Gasteiger partial charge is 0.478 e. The summed E-state index contributed by atoms with van der Waals surface area (Å²) in [7, 11) is 0. The number of aromatic nitrogens is 1. The normalized spacial score (nSPS) is 29.2. The molecule has 8 nitrogen and oxygen atoms in total. The van der Waals surface area contributed by atoms with Crippen LogP contribution in [0, 0.1) is 0 Å². The van der Waals surface area contributed by atoms with Crippen molar-refractivity contribution in [2.24, 2.45) is 5.16 Å². The lowest BCUT2D eigenvalue weighted by Gasteiger charge is -2.29. The monoisotopic (exact) mass is 345 g/mol. The van der Waals surface area contributed by atoms with Gasteiger partial charge in [-0.25, -0.2) is 9.59 Å². The first-order chi connectivity index (χ1) is 12.0. The second kappa shape index (κ2) is 7.02. The molecule has 8 heteroatoms. The van der Waals surface area contributed by atoms with E-state index < -0.39 is 11.9 Å². The van der Waals surface area contributed by atoms with Crippen LogP contribution in [0.25, 0.3) is 0 Å². The highest BCUT2D eigenvalue weighted by molar-refractivity contribution is 6.01. The van der Waals surface area contributed by atoms with Crippen LogP contribution in [-0.2, 0) is 14.4 Å². The molecule has 4 rings (SSSR count). The van der Waals surface area contributed by atoms with Crippen LogP contribution in [0.5, 0.6) is 0 Å². The van der Waals surface area contributed by atoms with Crippen molar-refractivity contribution >= 4 is 17.7 Å². The Balaban J connectivity index is 0.000000197. The number of oxime groups is 1. The fourth-order valence-electron chi connectivity index (χ4n) is 3.59. The number of aliphatic carboxylic acids is 2. The maximum Gasteiger partial charge on any atom is 0.328 e. The molecule has 3 N–H and O–H groups in total. The van der Waals surface area contributed by atoms with Crippen LogP contribution in [0.1, 0.15) is 31.2 Å². The van der Waals surface area contributed by atoms with Gasteiger partial charge in [0.05, 0.1) is 11.8 Å². The van der Waals surface area contributed by atoms with Gasteiger partial charge in [-0.1, -0.05) is 5.16 Å². The number of hydrogen-bond acceptors (Lipinski definition) is 6. The Morgan fingerprint density at radius 3 is 2.40 bits per heavy atom. The van der Waals surface area contributed by atoms with Crippen molar-refractivity contribution < 1.29 is 24.6 Å². The molecule has 1 aromatic heterocycles. The zero-order chi connectivity index (χ0) is 17.9. The van der Waals surface area contributed by atoms with Crippen LogP contribution < -0.4 is 5.32 Å². The molecule has 0 aliphatic carbocycles. The summed E-state index contributed by atoms with van der Waals surface area (Å²) >= 11 is 0. The smallest absolute Gasteiger partial charge is 0.328 e. The molecule has 0 radical (unpaired) electrons. The van der Waals surface area contributed by atoms with E-state index in [1.165, 1.54) is 12.8 Å². The topological polar surface area (TPSA) is 121 Å². The van der Waals surface area contributed by atoms with Gasteiger partial charge in [0.2, 0.25) is 0 Å². The summed E-state index contributed by atoms with van der Waals surface area (Å²) in [5, 5.41) is 23.6. The number of rotatable bonds is 3. The number of nitrogens with one attached hydrogen (secondary N) is 1. The van der Waals surface area contributed by atoms with Crippen molar-refractivity contribution in [1.29, 1.82) is 0 Å². The SMILES string of the molecule is O=C(O)/C=C/C(=O)O.c1cc(C2=NO[C@@]3(C2)C[C@@H]2CC[C@H]3N2)ccn1. The van der Waals surface area contributed by atoms with Gasteiger partial charge >= 0.3 is 11.9 Å². The lowest BCUT2D eigenvalue weighted by atomic mass is 9.80. The first-order valence-electron chi connectivity index (χ1n) is 8.04. The van der Waals surface area contributed by atoms with Gasteiger partial charge < -0.3 is 20.4 Å². The lowest BCUT2D eigenvalue weighted by Crippen LogP contribution is -2.42. The van der Waals surface area contributed by atoms with Gasteiger partial charge in [0, 0.05) is 49.0 Å². The molecule has 25 heavy (non-hydrogen) atoms. The van der Waals surface area contributed by atoms with Gasteiger partial charge in [-0.05, 0) is 25.0 Å². The quantitative estimate of drug-likeness (QED) is 0.703. The van der Waals surface area contributed by atoms with Crippen molar-refractivity contribution in [1.82, 2.24) is 10.3 Å². The van der Waals surface area contributed by atoms with E-state index >= 15 is 0 Å². The first kappa shape index (κ1) is 17.1. The van der Waals surface area contributed by atoms with E-state index in [1.807, 2.05) is 24.5 Å². The first-order valence-corrected chi connectivity index (χ1v) is 8.04. The maximum atomic E-state index is 9.55. The van der Waals surface area contributed by atoms with Crippen LogP contribution in [-0.4, -0.2) is 50.5 Å². The Hall–Kier alpha value is -2.74. The molecular formula is C17H19N3O5. The van der Waals surface area contributed by atoms with Gasteiger partial charge in [-0.2, -0.15) is 0 Å². The molecule has 0 amide bonds. The molecule has 2 fully saturated rings. The second-order valence-electron chi connectivity index (χ2n) is 6.31. The highest BCUT2D eigenvalue weighted by Crippen LogP contribution is 2.44. The number of nitrogens with zero attached hydrogens (tertiary/aromatic N) is 2. The van der Waals surface area contributed by atoms with Gasteiger partial charge in [0.15, 0.2) is 5.60 Å². The van der Waals surface area contributed by atoms with E-state index in [-0.39, 0.29) is 5.60 Å². The summed E-state index contributed by atoms with van der Waals surface area (Å²) in [4.78, 5) is 29.0. The standard InChI is InChI=1S/C13H15N3O.C4H4O4/c1-2-12-13(7-10(1)15-12)8-11(16-17-13)9-3-5-14-6-4-9;5-3(6)1-2-4(7)8/h3-6,10,12,15H,1-2,7-8H2;1-2H,(H,5,6)(H,7,8)/b;2-1+/t10-,12+,13+;/m0./s1. The van der Waals surface area contributed by atoms with Gasteiger partial charge in [-0.3, -0.25) is 4.98 Å². The Kier molecular flexibility index (Phi) is 4.80. The van der Waals surface area contributed by atoms with Crippen molar-refractivity contribution in [3.05, 3.63) is 42.2 Å². The van der Waals surface area contributed by atoms with E-state index in [1.54, 1.807) is 0 Å². The highest BCUT2D eigenvalue weighted by Gasteiger charge is 2.56. The molecule has 1 spiro atoms. The Labute approximate surface area is 144 Å². The molecule has 2 bridgehead atoms. The van der Waals surface area contributed by atoms with Crippen LogP contribution >= 0.6 is 0 Å². The third kappa shape index (κ3) is 3.85. The minimum Gasteiger partial charge on any atom is -0.478 e. The van der Waals surface area contributed by atoms with E-state index in [4.69, 9.17) is 15.1 Å². The summed E-state index contributed by atoms with van der Waals surface area (Å²) in [5.41, 5.74) is 2.16. The summed E-state index contributed by atoms with van der Waals surface area (Å²) in [6.45, 7) is 0. The molecule has 2 saturated heterocycles. The molecule has 132 valence electrons. The van der Waals surface area contributed by atoms with Crippen molar-refractivity contribution in [2.75, 3.05) is 0 Å². The molecule has 4 heterocycles. The molecule has 1 aromatic rings. The number of fused-ring (bicyclic) bond motifs is 3. The fraction of sp³-hybridized carbons (Fsp3) is 0.412. The van der Waals surface area contributed by atoms with Crippen molar-refractivity contribution in [3.8, 4) is 0 Å². The summed E-state index contributed by atoms with van der Waals surface area (Å²) in [6, 6.07) is 5.14. The van der Waals surface area contributed by atoms with Gasteiger partial charge in [0.25, 0.3) is 0 Å². The molecule has 3 aliphatic heterocycles. The number of pyridine rings is 1. The molecule has 0 saturated carbocycles. The Morgan fingerprint density at radius 2 is 1.88 bits per heavy atom. The summed E-state index contributed by atoms with van der Waals surface area (Å²) < 4.78 is 0. The average molecular weight is 345 g/mol. The predicted octanol–water partition coefficient (Wildman–Crippen LogP) is 1.18. The minimum absolute atomic E-state index is 0.0540. The van der Waals surface area contributed by atoms with Crippen LogP contribution in [0.3, 0.4) is 0 Å². The fourth-order valence-corrected chi connectivity index (χ4v) is 3.59. The third-order valence-corrected chi connectivity index (χ3v) is 4.65. The van der Waals surface area contributed by atoms with E-state index in [0.717, 1.165) is 24.1 Å². The number of carboxylic acid groups (broad SMARTS) is 2. The minimum atomic E-state index is -1.26. The predicted molar refractivity (Wildman–Crippen MR) is 88.2 cm³/mol. The lowest BCUT2D eigenvalue weighted by molar-refractivity contribution is -0.134. The Bertz CT molecular complexity index is 702. The van der Waals surface area contributed by atoms with E-state index in [0.29, 0.717) is 24.2 Å². The van der Waals surface area contributed by atoms with E-state index in [9.17, 15) is 9.59 Å². The van der Waals surface area contributed by atoms with Crippen LogP contribution in [0.15, 0.2) is 41.8 Å². The van der Waals surface area contributed by atoms with Crippen LogP contribution in [0.4, 0.5) is 0 Å². The average Bonchev–Trinajstić information content (AvgIpc) is 3.31. The zero-order valence-corrected chi connectivity index (χ0v) is 13.5. The second-order valence-corrected chi connectivity index (χ2v) is 6.31. The van der Waals surface area contributed by atoms with Crippen molar-refractivity contribution in [3.63, 3.8) is 0 Å². The molecule has 3 aliphatic rings. The van der Waals surface area contributed by atoms with Crippen LogP contribution in [0.2, 0.25) is 0 Å². The number of carboxylic acids is 2. The third-order valence-electron chi connectivity index (χ3n) is 4.65.